The third-order valence-electron chi connectivity index (χ3n) is 3.87. The molecule has 0 aliphatic rings. The Morgan fingerprint density at radius 1 is 1.19 bits per heavy atom. The maximum atomic E-state index is 11.6. The Bertz CT molecular complexity index is 1070. The summed E-state index contributed by atoms with van der Waals surface area (Å²) in [6.45, 7) is 0.352. The monoisotopic (exact) mass is 383 g/mol. The molecule has 0 amide bonds. The zero-order chi connectivity index (χ0) is 18.1. The lowest BCUT2D eigenvalue weighted by Crippen LogP contribution is -1.97. The molecule has 130 valence electrons. The van der Waals surface area contributed by atoms with Crippen LogP contribution >= 0.6 is 11.3 Å². The molecule has 6 nitrogen and oxygen atoms in total. The Morgan fingerprint density at radius 3 is 2.69 bits per heavy atom. The molecule has 26 heavy (non-hydrogen) atoms. The Labute approximate surface area is 156 Å². The highest BCUT2D eigenvalue weighted by molar-refractivity contribution is 7.90. The van der Waals surface area contributed by atoms with Gasteiger partial charge in [0.15, 0.2) is 4.90 Å². The lowest BCUT2D eigenvalue weighted by molar-refractivity contribution is -0.120. The van der Waals surface area contributed by atoms with Crippen molar-refractivity contribution < 1.29 is 14.1 Å². The number of aromatic nitrogens is 3. The second-order valence-electron chi connectivity index (χ2n) is 5.44. The number of nitrogens with zero attached hydrogens (tertiary/aromatic N) is 3. The molecule has 0 N–H and O–H groups in total. The van der Waals surface area contributed by atoms with Gasteiger partial charge in [0.1, 0.15) is 11.9 Å². The maximum Gasteiger partial charge on any atom is 0.299 e. The summed E-state index contributed by atoms with van der Waals surface area (Å²) in [5, 5.41) is 7.97. The van der Waals surface area contributed by atoms with E-state index in [9.17, 15) is 9.35 Å². The van der Waals surface area contributed by atoms with E-state index in [1.165, 1.54) is 11.3 Å². The predicted molar refractivity (Wildman–Crippen MR) is 101 cm³/mol. The van der Waals surface area contributed by atoms with Gasteiger partial charge in [0.25, 0.3) is 6.47 Å². The van der Waals surface area contributed by atoms with Crippen molar-refractivity contribution in [2.24, 2.45) is 0 Å². The summed E-state index contributed by atoms with van der Waals surface area (Å²) < 4.78 is 18.1. The number of ether oxygens (including phenoxy) is 1. The molecule has 2 aromatic carbocycles. The van der Waals surface area contributed by atoms with Crippen LogP contribution in [-0.4, -0.2) is 32.0 Å². The summed E-state index contributed by atoms with van der Waals surface area (Å²) in [6, 6.07) is 15.4. The first-order valence-electron chi connectivity index (χ1n) is 7.65. The number of thiazole rings is 1. The molecule has 0 radical (unpaired) electrons. The fourth-order valence-corrected chi connectivity index (χ4v) is 3.90. The Morgan fingerprint density at radius 2 is 1.96 bits per heavy atom. The van der Waals surface area contributed by atoms with Crippen LogP contribution < -0.4 is 4.74 Å². The van der Waals surface area contributed by atoms with E-state index < -0.39 is 11.2 Å². The second-order valence-corrected chi connectivity index (χ2v) is 7.65. The maximum absolute atomic E-state index is 11.6. The first kappa shape index (κ1) is 16.8. The lowest BCUT2D eigenvalue weighted by atomic mass is 10.1. The molecule has 0 aliphatic heterocycles. The molecule has 0 spiro atoms. The zero-order valence-corrected chi connectivity index (χ0v) is 15.3. The zero-order valence-electron chi connectivity index (χ0n) is 13.7. The third-order valence-corrected chi connectivity index (χ3v) is 5.60. The summed E-state index contributed by atoms with van der Waals surface area (Å²) in [5.41, 5.74) is 2.63. The Kier molecular flexibility index (Phi) is 4.46. The fraction of sp³-hybridized carbons (Fsp3) is 0.0556. The molecule has 0 aliphatic carbocycles. The molecule has 0 saturated carbocycles. The van der Waals surface area contributed by atoms with E-state index >= 15 is 0 Å². The van der Waals surface area contributed by atoms with Crippen molar-refractivity contribution >= 4 is 39.9 Å². The van der Waals surface area contributed by atoms with E-state index in [-0.39, 0.29) is 5.88 Å². The molecule has 4 rings (SSSR count). The first-order valence-corrected chi connectivity index (χ1v) is 10.1. The smallest absolute Gasteiger partial charge is 0.299 e. The van der Waals surface area contributed by atoms with E-state index in [1.54, 1.807) is 16.3 Å². The van der Waals surface area contributed by atoms with Crippen molar-refractivity contribution in [1.29, 1.82) is 0 Å². The highest BCUT2D eigenvalue weighted by Crippen LogP contribution is 2.31. The van der Waals surface area contributed by atoms with Crippen LogP contribution in [0.25, 0.3) is 27.3 Å². The normalized spacial score (nSPS) is 12.2. The van der Waals surface area contributed by atoms with Crippen LogP contribution in [-0.2, 0) is 16.0 Å². The van der Waals surface area contributed by atoms with Crippen LogP contribution in [0.3, 0.4) is 0 Å². The van der Waals surface area contributed by atoms with Gasteiger partial charge in [-0.2, -0.15) is 10.1 Å². The summed E-state index contributed by atoms with van der Waals surface area (Å²) in [6.07, 6.45) is 1.65. The van der Waals surface area contributed by atoms with Gasteiger partial charge >= 0.3 is 0 Å². The van der Waals surface area contributed by atoms with Gasteiger partial charge in [-0.05, 0) is 41.5 Å². The van der Waals surface area contributed by atoms with Crippen molar-refractivity contribution in [3.8, 4) is 22.3 Å². The topological polar surface area (TPSA) is 80.1 Å². The van der Waals surface area contributed by atoms with Crippen LogP contribution in [0.4, 0.5) is 0 Å². The van der Waals surface area contributed by atoms with Gasteiger partial charge in [0, 0.05) is 10.9 Å². The van der Waals surface area contributed by atoms with Gasteiger partial charge in [0.2, 0.25) is 11.0 Å². The van der Waals surface area contributed by atoms with Crippen LogP contribution in [0.5, 0.6) is 5.88 Å². The molecule has 0 bridgehead atoms. The number of benzene rings is 2. The van der Waals surface area contributed by atoms with Gasteiger partial charge in [-0.3, -0.25) is 4.79 Å². The average molecular weight is 383 g/mol. The minimum atomic E-state index is -1.02. The van der Waals surface area contributed by atoms with Gasteiger partial charge in [-0.15, -0.1) is 0 Å². The summed E-state index contributed by atoms with van der Waals surface area (Å²) in [4.78, 5) is 15.6. The molecule has 1 unspecified atom stereocenters. The number of hydrogen-bond donors (Lipinski definition) is 0. The number of para-hydroxylation sites is 1. The number of rotatable bonds is 5. The Balaban J connectivity index is 1.84. The summed E-state index contributed by atoms with van der Waals surface area (Å²) in [5.74, 6) is 0.246. The predicted octanol–water partition coefficient (Wildman–Crippen LogP) is 3.42. The van der Waals surface area contributed by atoms with Gasteiger partial charge in [-0.1, -0.05) is 29.5 Å². The highest BCUT2D eigenvalue weighted by atomic mass is 32.2. The molecule has 8 heteroatoms. The van der Waals surface area contributed by atoms with E-state index in [0.717, 1.165) is 27.1 Å². The quantitative estimate of drug-likeness (QED) is 0.390. The largest absolute Gasteiger partial charge is 0.612 e. The molecular formula is C18H13N3O3S2. The SMILES string of the molecule is C[S+]([O-])c1ccc(-c2nn(-c3nc(OC=O)cs3)c3ccccc23)cc1. The standard InChI is InChI=1S/C18H13N3O3S2/c1-26(23)13-8-6-12(7-9-13)17-14-4-2-3-5-15(14)21(20-17)18-19-16(10-25-18)24-11-22/h2-11H,1H3. The first-order chi connectivity index (χ1) is 12.7. The summed E-state index contributed by atoms with van der Waals surface area (Å²) >= 11 is 0.317. The number of carbonyl (C=O) groups is 1. The lowest BCUT2D eigenvalue weighted by Gasteiger charge is -2.04. The fourth-order valence-electron chi connectivity index (χ4n) is 2.68. The average Bonchev–Trinajstić information content (AvgIpc) is 3.27. The van der Waals surface area contributed by atoms with Crippen molar-refractivity contribution in [2.45, 2.75) is 4.90 Å². The summed E-state index contributed by atoms with van der Waals surface area (Å²) in [7, 11) is 0. The van der Waals surface area contributed by atoms with Crippen molar-refractivity contribution in [3.05, 3.63) is 53.9 Å². The van der Waals surface area contributed by atoms with E-state index in [2.05, 4.69) is 4.98 Å². The minimum Gasteiger partial charge on any atom is -0.612 e. The van der Waals surface area contributed by atoms with Crippen LogP contribution in [0, 0.1) is 0 Å². The number of carbonyl (C=O) groups excluding carboxylic acids is 1. The highest BCUT2D eigenvalue weighted by Gasteiger charge is 2.16. The number of fused-ring (bicyclic) bond motifs is 1. The second kappa shape index (κ2) is 6.91. The van der Waals surface area contributed by atoms with Crippen LogP contribution in [0.1, 0.15) is 0 Å². The number of hydrogen-bond acceptors (Lipinski definition) is 6. The van der Waals surface area contributed by atoms with Crippen molar-refractivity contribution in [2.75, 3.05) is 6.26 Å². The van der Waals surface area contributed by atoms with Crippen molar-refractivity contribution in [1.82, 2.24) is 14.8 Å². The molecule has 2 heterocycles. The molecule has 0 fully saturated rings. The van der Waals surface area contributed by atoms with Gasteiger partial charge in [0.05, 0.1) is 10.9 Å². The minimum absolute atomic E-state index is 0.246. The molecule has 4 aromatic rings. The Hall–Kier alpha value is -2.68. The van der Waals surface area contributed by atoms with Gasteiger partial charge < -0.3 is 9.29 Å². The van der Waals surface area contributed by atoms with Gasteiger partial charge in [-0.25, -0.2) is 4.68 Å². The van der Waals surface area contributed by atoms with Crippen molar-refractivity contribution in [3.63, 3.8) is 0 Å². The third kappa shape index (κ3) is 2.98. The molecular weight excluding hydrogens is 370 g/mol. The molecule has 2 aromatic heterocycles. The van der Waals surface area contributed by atoms with Crippen LogP contribution in [0.15, 0.2) is 58.8 Å². The van der Waals surface area contributed by atoms with E-state index in [1.807, 2.05) is 48.5 Å². The molecule has 0 saturated heterocycles. The van der Waals surface area contributed by atoms with E-state index in [0.29, 0.717) is 11.6 Å². The van der Waals surface area contributed by atoms with E-state index in [4.69, 9.17) is 9.84 Å². The molecule has 1 atom stereocenters. The van der Waals surface area contributed by atoms with Crippen LogP contribution in [0.2, 0.25) is 0 Å².